The van der Waals surface area contributed by atoms with Crippen molar-refractivity contribution in [3.05, 3.63) is 63.6 Å². The number of amides is 3. The maximum atomic E-state index is 12.9. The normalized spacial score (nSPS) is 16.3. The first-order chi connectivity index (χ1) is 14.6. The van der Waals surface area contributed by atoms with Gasteiger partial charge in [0.05, 0.1) is 16.3 Å². The van der Waals surface area contributed by atoms with E-state index in [1.165, 1.54) is 9.80 Å². The number of carbonyl (C=O) groups excluding carboxylic acids is 2. The first-order valence-corrected chi connectivity index (χ1v) is 10.3. The van der Waals surface area contributed by atoms with Gasteiger partial charge < -0.3 is 15.1 Å². The number of nitrogens with one attached hydrogen (secondary N) is 1. The van der Waals surface area contributed by atoms with Crippen molar-refractivity contribution in [3.63, 3.8) is 0 Å². The van der Waals surface area contributed by atoms with E-state index in [1.807, 2.05) is 12.1 Å². The zero-order chi connectivity index (χ0) is 22.8. The van der Waals surface area contributed by atoms with Crippen LogP contribution < -0.4 is 5.32 Å². The van der Waals surface area contributed by atoms with E-state index in [9.17, 15) is 22.8 Å². The molecule has 31 heavy (non-hydrogen) atoms. The van der Waals surface area contributed by atoms with E-state index in [4.69, 9.17) is 23.2 Å². The molecule has 2 aromatic rings. The molecule has 1 N–H and O–H groups in total. The van der Waals surface area contributed by atoms with Gasteiger partial charge in [0, 0.05) is 25.2 Å². The predicted molar refractivity (Wildman–Crippen MR) is 113 cm³/mol. The number of anilines is 1. The SMILES string of the molecule is CN(Cc1ccc(Cl)cc1)C(=O)[C@H]1CCCN1C(=O)Nc1ccc(C(F)(F)F)cc1Cl. The van der Waals surface area contributed by atoms with Crippen LogP contribution >= 0.6 is 23.2 Å². The number of rotatable bonds is 4. The summed E-state index contributed by atoms with van der Waals surface area (Å²) in [6.07, 6.45) is -3.40. The topological polar surface area (TPSA) is 52.7 Å². The third-order valence-electron chi connectivity index (χ3n) is 5.05. The third-order valence-corrected chi connectivity index (χ3v) is 5.61. The molecule has 3 rings (SSSR count). The van der Waals surface area contributed by atoms with Crippen LogP contribution in [-0.4, -0.2) is 41.4 Å². The molecule has 1 atom stereocenters. The van der Waals surface area contributed by atoms with E-state index in [-0.39, 0.29) is 16.6 Å². The predicted octanol–water partition coefficient (Wildman–Crippen LogP) is 5.67. The summed E-state index contributed by atoms with van der Waals surface area (Å²) in [5.41, 5.74) is 0.0339. The molecule has 1 fully saturated rings. The molecule has 0 bridgehead atoms. The Morgan fingerprint density at radius 3 is 2.45 bits per heavy atom. The quantitative estimate of drug-likeness (QED) is 0.621. The fourth-order valence-electron chi connectivity index (χ4n) is 3.44. The van der Waals surface area contributed by atoms with Crippen LogP contribution in [0.25, 0.3) is 0 Å². The van der Waals surface area contributed by atoms with Crippen LogP contribution in [0.1, 0.15) is 24.0 Å². The standard InChI is InChI=1S/C21H20Cl2F3N3O2/c1-28(12-13-4-7-15(22)8-5-13)19(30)18-3-2-10-29(18)20(31)27-17-9-6-14(11-16(17)23)21(24,25)26/h4-9,11,18H,2-3,10,12H2,1H3,(H,27,31)/t18-/m1/s1. The van der Waals surface area contributed by atoms with Crippen molar-refractivity contribution >= 4 is 40.8 Å². The molecule has 0 aromatic heterocycles. The molecule has 10 heteroatoms. The molecular formula is C21H20Cl2F3N3O2. The van der Waals surface area contributed by atoms with Gasteiger partial charge in [-0.3, -0.25) is 4.79 Å². The molecular weight excluding hydrogens is 454 g/mol. The van der Waals surface area contributed by atoms with Gasteiger partial charge in [0.1, 0.15) is 6.04 Å². The van der Waals surface area contributed by atoms with E-state index in [0.29, 0.717) is 31.0 Å². The summed E-state index contributed by atoms with van der Waals surface area (Å²) in [5.74, 6) is -0.221. The Bertz CT molecular complexity index is 967. The maximum absolute atomic E-state index is 12.9. The molecule has 1 heterocycles. The Morgan fingerprint density at radius 1 is 1.16 bits per heavy atom. The van der Waals surface area contributed by atoms with E-state index >= 15 is 0 Å². The van der Waals surface area contributed by atoms with Gasteiger partial charge in [-0.2, -0.15) is 13.2 Å². The molecule has 0 spiro atoms. The van der Waals surface area contributed by atoms with Crippen LogP contribution in [0.4, 0.5) is 23.7 Å². The second-order valence-corrected chi connectivity index (χ2v) is 8.14. The minimum atomic E-state index is -4.53. The van der Waals surface area contributed by atoms with Crippen LogP contribution in [-0.2, 0) is 17.5 Å². The van der Waals surface area contributed by atoms with Crippen molar-refractivity contribution in [1.29, 1.82) is 0 Å². The van der Waals surface area contributed by atoms with Gasteiger partial charge in [-0.15, -0.1) is 0 Å². The molecule has 1 aliphatic rings. The summed E-state index contributed by atoms with van der Waals surface area (Å²) in [4.78, 5) is 28.6. The van der Waals surface area contributed by atoms with Crippen LogP contribution in [0, 0.1) is 0 Å². The van der Waals surface area contributed by atoms with Crippen LogP contribution in [0.15, 0.2) is 42.5 Å². The van der Waals surface area contributed by atoms with Gasteiger partial charge in [0.25, 0.3) is 0 Å². The average molecular weight is 474 g/mol. The van der Waals surface area contributed by atoms with Crippen LogP contribution in [0.5, 0.6) is 0 Å². The lowest BCUT2D eigenvalue weighted by atomic mass is 10.1. The summed E-state index contributed by atoms with van der Waals surface area (Å²) in [5, 5.41) is 2.88. The van der Waals surface area contributed by atoms with Crippen molar-refractivity contribution in [2.45, 2.75) is 31.6 Å². The number of carbonyl (C=O) groups is 2. The van der Waals surface area contributed by atoms with E-state index in [0.717, 1.165) is 23.8 Å². The van der Waals surface area contributed by atoms with Gasteiger partial charge in [0.2, 0.25) is 5.91 Å². The van der Waals surface area contributed by atoms with E-state index in [1.54, 1.807) is 19.2 Å². The monoisotopic (exact) mass is 473 g/mol. The molecule has 166 valence electrons. The van der Waals surface area contributed by atoms with Gasteiger partial charge in [-0.25, -0.2) is 4.79 Å². The van der Waals surface area contributed by atoms with Crippen molar-refractivity contribution in [3.8, 4) is 0 Å². The summed E-state index contributed by atoms with van der Waals surface area (Å²) in [7, 11) is 1.65. The fourth-order valence-corrected chi connectivity index (χ4v) is 3.80. The summed E-state index contributed by atoms with van der Waals surface area (Å²) in [6, 6.07) is 8.55. The number of alkyl halides is 3. The van der Waals surface area contributed by atoms with Gasteiger partial charge in [0.15, 0.2) is 0 Å². The lowest BCUT2D eigenvalue weighted by Gasteiger charge is -2.28. The smallest absolute Gasteiger partial charge is 0.340 e. The lowest BCUT2D eigenvalue weighted by Crippen LogP contribution is -2.47. The molecule has 0 saturated carbocycles. The Balaban J connectivity index is 1.67. The number of urea groups is 1. The van der Waals surface area contributed by atoms with Crippen molar-refractivity contribution in [2.75, 3.05) is 18.9 Å². The summed E-state index contributed by atoms with van der Waals surface area (Å²) in [6.45, 7) is 0.710. The first kappa shape index (κ1) is 23.2. The van der Waals surface area contributed by atoms with E-state index in [2.05, 4.69) is 5.32 Å². The average Bonchev–Trinajstić information content (AvgIpc) is 3.19. The fraction of sp³-hybridized carbons (Fsp3) is 0.333. The zero-order valence-corrected chi connectivity index (χ0v) is 18.1. The van der Waals surface area contributed by atoms with E-state index < -0.39 is 23.8 Å². The number of halogens is 5. The number of likely N-dealkylation sites (tertiary alicyclic amines) is 1. The van der Waals surface area contributed by atoms with Gasteiger partial charge in [-0.05, 0) is 48.7 Å². The van der Waals surface area contributed by atoms with Crippen molar-refractivity contribution < 1.29 is 22.8 Å². The Labute approximate surface area is 187 Å². The van der Waals surface area contributed by atoms with Gasteiger partial charge in [-0.1, -0.05) is 35.3 Å². The van der Waals surface area contributed by atoms with Crippen molar-refractivity contribution in [1.82, 2.24) is 9.80 Å². The number of hydrogen-bond acceptors (Lipinski definition) is 2. The Kier molecular flexibility index (Phi) is 7.01. The van der Waals surface area contributed by atoms with Crippen molar-refractivity contribution in [2.24, 2.45) is 0 Å². The molecule has 1 saturated heterocycles. The number of likely N-dealkylation sites (N-methyl/N-ethyl adjacent to an activating group) is 1. The lowest BCUT2D eigenvalue weighted by molar-refractivity contribution is -0.137. The largest absolute Gasteiger partial charge is 0.416 e. The minimum Gasteiger partial charge on any atom is -0.340 e. The molecule has 0 aliphatic carbocycles. The highest BCUT2D eigenvalue weighted by molar-refractivity contribution is 6.33. The highest BCUT2D eigenvalue weighted by Crippen LogP contribution is 2.34. The molecule has 0 radical (unpaired) electrons. The highest BCUT2D eigenvalue weighted by Gasteiger charge is 2.36. The first-order valence-electron chi connectivity index (χ1n) is 9.50. The van der Waals surface area contributed by atoms with Gasteiger partial charge >= 0.3 is 12.2 Å². The van der Waals surface area contributed by atoms with Crippen LogP contribution in [0.2, 0.25) is 10.0 Å². The second kappa shape index (κ2) is 9.36. The highest BCUT2D eigenvalue weighted by atomic mass is 35.5. The maximum Gasteiger partial charge on any atom is 0.416 e. The number of nitrogens with zero attached hydrogens (tertiary/aromatic N) is 2. The molecule has 3 amide bonds. The number of hydrogen-bond donors (Lipinski definition) is 1. The molecule has 1 aliphatic heterocycles. The Morgan fingerprint density at radius 2 is 1.84 bits per heavy atom. The molecule has 2 aromatic carbocycles. The summed E-state index contributed by atoms with van der Waals surface area (Å²) >= 11 is 11.8. The number of benzene rings is 2. The molecule has 5 nitrogen and oxygen atoms in total. The minimum absolute atomic E-state index is 0.0484. The third kappa shape index (κ3) is 5.62. The Hall–Kier alpha value is -2.45. The second-order valence-electron chi connectivity index (χ2n) is 7.29. The molecule has 0 unspecified atom stereocenters. The summed E-state index contributed by atoms with van der Waals surface area (Å²) < 4.78 is 38.4. The zero-order valence-electron chi connectivity index (χ0n) is 16.5. The van der Waals surface area contributed by atoms with Crippen LogP contribution in [0.3, 0.4) is 0 Å².